The van der Waals surface area contributed by atoms with Gasteiger partial charge in [-0.15, -0.1) is 0 Å². The van der Waals surface area contributed by atoms with E-state index < -0.39 is 17.2 Å². The number of carbonyl (C=O) groups excluding carboxylic acids is 3. The fraction of sp³-hybridized carbons (Fsp3) is 0.391. The Hall–Kier alpha value is -3.02. The smallest absolute Gasteiger partial charge is 0.221 e. The first kappa shape index (κ1) is 18.0. The van der Waals surface area contributed by atoms with E-state index in [-0.39, 0.29) is 35.9 Å². The lowest BCUT2D eigenvalue weighted by Crippen LogP contribution is -2.42. The van der Waals surface area contributed by atoms with Crippen molar-refractivity contribution in [2.75, 3.05) is 0 Å². The number of ether oxygens (including phenoxy) is 1. The van der Waals surface area contributed by atoms with Crippen LogP contribution >= 0.6 is 0 Å². The van der Waals surface area contributed by atoms with E-state index in [2.05, 4.69) is 18.0 Å². The van der Waals surface area contributed by atoms with Crippen molar-refractivity contribution < 1.29 is 19.1 Å². The molecular formula is C23H22N2O4. The Bertz CT molecular complexity index is 1020. The van der Waals surface area contributed by atoms with Crippen molar-refractivity contribution in [3.63, 3.8) is 0 Å². The molecule has 5 atom stereocenters. The normalized spacial score (nSPS) is 35.4. The molecule has 5 rings (SSSR count). The molecule has 0 bridgehead atoms. The number of aromatic nitrogens is 1. The van der Waals surface area contributed by atoms with Crippen molar-refractivity contribution in [2.24, 2.45) is 23.0 Å². The highest BCUT2D eigenvalue weighted by Gasteiger charge is 2.57. The Morgan fingerprint density at radius 3 is 2.83 bits per heavy atom. The molecule has 3 aliphatic carbocycles. The summed E-state index contributed by atoms with van der Waals surface area (Å²) >= 11 is 0. The molecular weight excluding hydrogens is 368 g/mol. The molecule has 0 spiro atoms. The van der Waals surface area contributed by atoms with Gasteiger partial charge in [0.15, 0.2) is 5.78 Å². The third-order valence-corrected chi connectivity index (χ3v) is 6.96. The molecule has 0 aromatic carbocycles. The third kappa shape index (κ3) is 2.62. The molecule has 6 nitrogen and oxygen atoms in total. The van der Waals surface area contributed by atoms with Crippen molar-refractivity contribution in [1.82, 2.24) is 4.98 Å². The molecule has 1 aromatic rings. The highest BCUT2D eigenvalue weighted by Crippen LogP contribution is 2.58. The van der Waals surface area contributed by atoms with Crippen LogP contribution in [0.2, 0.25) is 0 Å². The lowest BCUT2D eigenvalue weighted by molar-refractivity contribution is -0.127. The van der Waals surface area contributed by atoms with E-state index in [1.165, 1.54) is 0 Å². The minimum absolute atomic E-state index is 0.0467. The van der Waals surface area contributed by atoms with Crippen LogP contribution in [0.5, 0.6) is 0 Å². The predicted octanol–water partition coefficient (Wildman–Crippen LogP) is 2.37. The molecule has 1 amide bonds. The second-order valence-corrected chi connectivity index (χ2v) is 8.65. The summed E-state index contributed by atoms with van der Waals surface area (Å²) in [7, 11) is 0. The molecule has 1 aromatic heterocycles. The van der Waals surface area contributed by atoms with E-state index >= 15 is 0 Å². The Morgan fingerprint density at radius 2 is 2.10 bits per heavy atom. The van der Waals surface area contributed by atoms with Crippen LogP contribution in [0.3, 0.4) is 0 Å². The summed E-state index contributed by atoms with van der Waals surface area (Å²) in [5, 5.41) is 0. The van der Waals surface area contributed by atoms with Crippen LogP contribution in [-0.4, -0.2) is 28.6 Å². The molecule has 1 saturated carbocycles. The first-order valence-corrected chi connectivity index (χ1v) is 9.94. The zero-order valence-electron chi connectivity index (χ0n) is 16.1. The van der Waals surface area contributed by atoms with Gasteiger partial charge in [-0.3, -0.25) is 19.4 Å². The maximum absolute atomic E-state index is 13.0. The number of allylic oxidation sites excluding steroid dienone is 4. The second-order valence-electron chi connectivity index (χ2n) is 8.65. The zero-order valence-corrected chi connectivity index (χ0v) is 16.1. The predicted molar refractivity (Wildman–Crippen MR) is 104 cm³/mol. The Labute approximate surface area is 168 Å². The molecule has 6 heteroatoms. The molecule has 1 aliphatic heterocycles. The number of rotatable bonds is 2. The molecule has 1 unspecified atom stereocenters. The molecule has 0 saturated heterocycles. The number of hydrogen-bond donors (Lipinski definition) is 1. The van der Waals surface area contributed by atoms with Gasteiger partial charge in [0.25, 0.3) is 0 Å². The number of Topliss-reactive ketones (excluding diaryl/α,β-unsaturated/α-hetero) is 2. The summed E-state index contributed by atoms with van der Waals surface area (Å²) in [6, 6.07) is 3.80. The van der Waals surface area contributed by atoms with Gasteiger partial charge in [0, 0.05) is 43.0 Å². The number of nitrogens with two attached hydrogens (primary N) is 1. The monoisotopic (exact) mass is 390 g/mol. The number of amides is 1. The Kier molecular flexibility index (Phi) is 3.88. The van der Waals surface area contributed by atoms with Gasteiger partial charge in [-0.2, -0.15) is 0 Å². The number of pyridine rings is 1. The van der Waals surface area contributed by atoms with Gasteiger partial charge < -0.3 is 10.5 Å². The highest BCUT2D eigenvalue weighted by atomic mass is 16.5. The maximum Gasteiger partial charge on any atom is 0.221 e. The number of primary amides is 1. The minimum atomic E-state index is -0.532. The largest absolute Gasteiger partial charge is 0.489 e. The van der Waals surface area contributed by atoms with Crippen molar-refractivity contribution >= 4 is 17.5 Å². The third-order valence-electron chi connectivity index (χ3n) is 6.96. The molecule has 148 valence electrons. The molecule has 0 radical (unpaired) electrons. The van der Waals surface area contributed by atoms with Gasteiger partial charge in [0.2, 0.25) is 5.91 Å². The van der Waals surface area contributed by atoms with Crippen LogP contribution in [0.15, 0.2) is 59.7 Å². The van der Waals surface area contributed by atoms with Gasteiger partial charge in [0.05, 0.1) is 17.4 Å². The fourth-order valence-corrected chi connectivity index (χ4v) is 5.43. The van der Waals surface area contributed by atoms with Crippen LogP contribution in [0, 0.1) is 17.3 Å². The lowest BCUT2D eigenvalue weighted by atomic mass is 9.65. The quantitative estimate of drug-likeness (QED) is 0.836. The average molecular weight is 390 g/mol. The van der Waals surface area contributed by atoms with Crippen LogP contribution < -0.4 is 5.73 Å². The molecule has 1 fully saturated rings. The highest BCUT2D eigenvalue weighted by molar-refractivity contribution is 6.02. The molecule has 2 N–H and O–H groups in total. The molecule has 29 heavy (non-hydrogen) atoms. The fourth-order valence-electron chi connectivity index (χ4n) is 5.43. The van der Waals surface area contributed by atoms with Crippen LogP contribution in [0.4, 0.5) is 0 Å². The lowest BCUT2D eigenvalue weighted by Gasteiger charge is -2.44. The Balaban J connectivity index is 1.53. The van der Waals surface area contributed by atoms with Crippen LogP contribution in [0.25, 0.3) is 0 Å². The van der Waals surface area contributed by atoms with Crippen molar-refractivity contribution in [3.8, 4) is 0 Å². The summed E-state index contributed by atoms with van der Waals surface area (Å²) in [6.07, 6.45) is 9.97. The second kappa shape index (κ2) is 6.24. The number of hydrogen-bond acceptors (Lipinski definition) is 5. The minimum Gasteiger partial charge on any atom is -0.489 e. The summed E-state index contributed by atoms with van der Waals surface area (Å²) in [5.41, 5.74) is 7.41. The van der Waals surface area contributed by atoms with Gasteiger partial charge in [-0.1, -0.05) is 25.1 Å². The molecule has 4 aliphatic rings. The summed E-state index contributed by atoms with van der Waals surface area (Å²) in [4.78, 5) is 41.4. The van der Waals surface area contributed by atoms with E-state index in [9.17, 15) is 14.4 Å². The first-order chi connectivity index (χ1) is 13.9. The van der Waals surface area contributed by atoms with Crippen molar-refractivity contribution in [2.45, 2.75) is 38.2 Å². The molecule has 2 heterocycles. The standard InChI is InChI=1S/C23H22N2O4/c1-23-5-4-12-7-15-17(26)8-14(22(24)28)9-19(15)29-21(12)16(23)10-18(27)20(23)13-3-2-6-25-11-13/h2-7,11,14,16,20-21H,8-10H2,1H3,(H2,24,28)/t14?,16-,20-,21+,23-/m0/s1. The number of fused-ring (bicyclic) bond motifs is 3. The summed E-state index contributed by atoms with van der Waals surface area (Å²) in [5.74, 6) is -0.736. The summed E-state index contributed by atoms with van der Waals surface area (Å²) in [6.45, 7) is 2.10. The summed E-state index contributed by atoms with van der Waals surface area (Å²) < 4.78 is 6.32. The number of carbonyl (C=O) groups is 3. The van der Waals surface area contributed by atoms with Crippen molar-refractivity contribution in [1.29, 1.82) is 0 Å². The van der Waals surface area contributed by atoms with Gasteiger partial charge in [0.1, 0.15) is 17.6 Å². The van der Waals surface area contributed by atoms with E-state index in [0.717, 1.165) is 11.1 Å². The van der Waals surface area contributed by atoms with Crippen molar-refractivity contribution in [3.05, 3.63) is 65.2 Å². The topological polar surface area (TPSA) is 99.4 Å². The van der Waals surface area contributed by atoms with Crippen LogP contribution in [-0.2, 0) is 19.1 Å². The number of ketones is 2. The SMILES string of the molecule is C[C@]12C=CC3=CC4=C(CC(C(N)=O)CC4=O)O[C@H]3[C@@H]1CC(=O)[C@@H]2c1cccnc1. The van der Waals surface area contributed by atoms with Crippen LogP contribution in [0.1, 0.15) is 37.7 Å². The van der Waals surface area contributed by atoms with E-state index in [1.807, 2.05) is 24.3 Å². The van der Waals surface area contributed by atoms with E-state index in [1.54, 1.807) is 12.4 Å². The van der Waals surface area contributed by atoms with E-state index in [4.69, 9.17) is 10.5 Å². The maximum atomic E-state index is 13.0. The number of nitrogens with zero attached hydrogens (tertiary/aromatic N) is 1. The Morgan fingerprint density at radius 1 is 1.28 bits per heavy atom. The van der Waals surface area contributed by atoms with Gasteiger partial charge in [-0.05, 0) is 23.3 Å². The van der Waals surface area contributed by atoms with Gasteiger partial charge in [-0.25, -0.2) is 0 Å². The van der Waals surface area contributed by atoms with Gasteiger partial charge >= 0.3 is 0 Å². The van der Waals surface area contributed by atoms with E-state index in [0.29, 0.717) is 24.2 Å². The first-order valence-electron chi connectivity index (χ1n) is 9.94. The zero-order chi connectivity index (χ0) is 20.3. The average Bonchev–Trinajstić information content (AvgIpc) is 2.98.